The van der Waals surface area contributed by atoms with Gasteiger partial charge >= 0.3 is 0 Å². The first kappa shape index (κ1) is 25.5. The molecular formula is C27H34N6O3. The van der Waals surface area contributed by atoms with Crippen LogP contribution in [0.5, 0.6) is 0 Å². The Labute approximate surface area is 210 Å². The number of nitro benzene ring substituents is 1. The van der Waals surface area contributed by atoms with E-state index in [1.165, 1.54) is 31.4 Å². The quantitative estimate of drug-likeness (QED) is 0.147. The van der Waals surface area contributed by atoms with Gasteiger partial charge in [-0.2, -0.15) is 0 Å². The van der Waals surface area contributed by atoms with Crippen molar-refractivity contribution in [3.63, 3.8) is 0 Å². The summed E-state index contributed by atoms with van der Waals surface area (Å²) >= 11 is 0. The molecule has 0 saturated carbocycles. The van der Waals surface area contributed by atoms with E-state index in [0.717, 1.165) is 25.8 Å². The Morgan fingerprint density at radius 1 is 1.11 bits per heavy atom. The highest BCUT2D eigenvalue weighted by molar-refractivity contribution is 5.96. The molecule has 3 N–H and O–H groups in total. The molecule has 0 unspecified atom stereocenters. The number of aromatic nitrogens is 2. The molecule has 1 fully saturated rings. The number of nitrogens with zero attached hydrogens (tertiary/aromatic N) is 4. The fraction of sp³-hybridized carbons (Fsp3) is 0.444. The summed E-state index contributed by atoms with van der Waals surface area (Å²) in [6, 6.07) is 12.5. The average Bonchev–Trinajstić information content (AvgIpc) is 2.86. The number of unbranched alkanes of at least 4 members (excludes halogenated alkanes) is 2. The zero-order valence-electron chi connectivity index (χ0n) is 20.9. The molecular weight excluding hydrogens is 456 g/mol. The smallest absolute Gasteiger partial charge is 0.277 e. The third kappa shape index (κ3) is 5.46. The number of nitrogen functional groups attached to an aromatic ring is 1. The first-order valence-corrected chi connectivity index (χ1v) is 12.7. The van der Waals surface area contributed by atoms with Gasteiger partial charge in [0.15, 0.2) is 0 Å². The largest absolute Gasteiger partial charge is 0.384 e. The van der Waals surface area contributed by atoms with E-state index in [1.807, 2.05) is 0 Å². The second-order valence-electron chi connectivity index (χ2n) is 9.77. The third-order valence-corrected chi connectivity index (χ3v) is 7.26. The Balaban J connectivity index is 1.61. The number of benzene rings is 2. The molecule has 1 aromatic heterocycles. The van der Waals surface area contributed by atoms with Crippen LogP contribution in [0.2, 0.25) is 0 Å². The van der Waals surface area contributed by atoms with Crippen LogP contribution < -0.4 is 11.3 Å². The first-order valence-electron chi connectivity index (χ1n) is 12.7. The average molecular weight is 491 g/mol. The molecule has 2 atom stereocenters. The van der Waals surface area contributed by atoms with Gasteiger partial charge in [0.2, 0.25) is 0 Å². The minimum absolute atomic E-state index is 0.0724. The van der Waals surface area contributed by atoms with E-state index in [1.54, 1.807) is 34.9 Å². The van der Waals surface area contributed by atoms with Crippen LogP contribution in [0.4, 0.5) is 5.69 Å². The fourth-order valence-electron chi connectivity index (χ4n) is 5.24. The molecule has 0 radical (unpaired) electrons. The van der Waals surface area contributed by atoms with Crippen molar-refractivity contribution in [1.29, 1.82) is 5.41 Å². The van der Waals surface area contributed by atoms with Crippen LogP contribution in [0.25, 0.3) is 22.3 Å². The summed E-state index contributed by atoms with van der Waals surface area (Å²) in [5, 5.41) is 19.1. The van der Waals surface area contributed by atoms with E-state index in [9.17, 15) is 14.9 Å². The number of amidine groups is 1. The van der Waals surface area contributed by atoms with Crippen molar-refractivity contribution in [2.45, 2.75) is 71.0 Å². The van der Waals surface area contributed by atoms with Gasteiger partial charge in [-0.05, 0) is 58.2 Å². The van der Waals surface area contributed by atoms with Crippen molar-refractivity contribution in [3.05, 3.63) is 68.5 Å². The van der Waals surface area contributed by atoms with Crippen LogP contribution in [0.1, 0.15) is 57.9 Å². The number of nitrogens with one attached hydrogen (secondary N) is 1. The number of fused-ring (bicyclic) bond motifs is 1. The number of nitrogens with two attached hydrogens (primary N) is 1. The summed E-state index contributed by atoms with van der Waals surface area (Å²) in [7, 11) is 0. The number of non-ortho nitro benzene ring substituents is 1. The summed E-state index contributed by atoms with van der Waals surface area (Å²) < 4.78 is 1.61. The molecule has 9 heteroatoms. The van der Waals surface area contributed by atoms with Gasteiger partial charge in [0.25, 0.3) is 11.2 Å². The van der Waals surface area contributed by atoms with Crippen LogP contribution in [-0.2, 0) is 6.54 Å². The number of likely N-dealkylation sites (tertiary alicyclic amines) is 1. The minimum atomic E-state index is -0.459. The molecule has 4 rings (SSSR count). The van der Waals surface area contributed by atoms with Gasteiger partial charge in [-0.1, -0.05) is 31.0 Å². The Morgan fingerprint density at radius 2 is 1.83 bits per heavy atom. The highest BCUT2D eigenvalue weighted by Gasteiger charge is 2.23. The van der Waals surface area contributed by atoms with E-state index in [0.29, 0.717) is 40.8 Å². The summed E-state index contributed by atoms with van der Waals surface area (Å²) in [6.45, 7) is 6.09. The summed E-state index contributed by atoms with van der Waals surface area (Å²) in [6.07, 6.45) is 6.56. The van der Waals surface area contributed by atoms with Crippen molar-refractivity contribution in [3.8, 4) is 11.3 Å². The number of hydrogen-bond donors (Lipinski definition) is 2. The molecule has 2 heterocycles. The highest BCUT2D eigenvalue weighted by atomic mass is 16.6. The van der Waals surface area contributed by atoms with Gasteiger partial charge in [-0.15, -0.1) is 0 Å². The number of piperidine rings is 1. The number of nitro groups is 1. The second kappa shape index (κ2) is 11.0. The van der Waals surface area contributed by atoms with E-state index < -0.39 is 4.92 Å². The van der Waals surface area contributed by atoms with Crippen LogP contribution in [0.3, 0.4) is 0 Å². The SMILES string of the molecule is C[C@@H]1CCC[C@H](C)N1CCCCCn1c(=O)c(-c2cccc(C(=N)N)c2)nc2ccc([N+](=O)[O-])cc21. The standard InChI is InChI=1S/C27H34N6O3/c1-18-8-6-9-19(2)31(18)14-4-3-5-15-32-24-17-22(33(35)36)12-13-23(24)30-25(27(32)34)20-10-7-11-21(16-20)26(28)29/h7,10-13,16-19H,3-6,8-9,14-15H2,1-2H3,(H3,28,29)/t18-,19+. The molecule has 1 aliphatic heterocycles. The zero-order chi connectivity index (χ0) is 25.8. The van der Waals surface area contributed by atoms with E-state index >= 15 is 0 Å². The predicted octanol–water partition coefficient (Wildman–Crippen LogP) is 4.69. The fourth-order valence-corrected chi connectivity index (χ4v) is 5.24. The maximum Gasteiger partial charge on any atom is 0.277 e. The van der Waals surface area contributed by atoms with E-state index in [2.05, 4.69) is 23.7 Å². The topological polar surface area (TPSA) is 131 Å². The molecule has 1 saturated heterocycles. The van der Waals surface area contributed by atoms with Gasteiger partial charge in [0.05, 0.1) is 16.0 Å². The summed E-state index contributed by atoms with van der Waals surface area (Å²) in [4.78, 5) is 31.7. The van der Waals surface area contributed by atoms with Crippen molar-refractivity contribution in [2.75, 3.05) is 6.54 Å². The molecule has 0 spiro atoms. The normalized spacial score (nSPS) is 18.4. The van der Waals surface area contributed by atoms with Gasteiger partial charge in [-0.3, -0.25) is 25.2 Å². The van der Waals surface area contributed by atoms with Gasteiger partial charge < -0.3 is 10.3 Å². The highest BCUT2D eigenvalue weighted by Crippen LogP contribution is 2.24. The molecule has 0 amide bonds. The molecule has 2 aromatic carbocycles. The summed E-state index contributed by atoms with van der Waals surface area (Å²) in [5.41, 5.74) is 7.55. The molecule has 0 aliphatic carbocycles. The number of aryl methyl sites for hydroxylation is 1. The lowest BCUT2D eigenvalue weighted by Crippen LogP contribution is -2.44. The van der Waals surface area contributed by atoms with Crippen molar-refractivity contribution in [1.82, 2.24) is 14.5 Å². The molecule has 3 aromatic rings. The molecule has 0 bridgehead atoms. The van der Waals surface area contributed by atoms with Crippen LogP contribution >= 0.6 is 0 Å². The van der Waals surface area contributed by atoms with Gasteiger partial charge in [-0.25, -0.2) is 4.98 Å². The number of hydrogen-bond acceptors (Lipinski definition) is 6. The third-order valence-electron chi connectivity index (χ3n) is 7.26. The molecule has 9 nitrogen and oxygen atoms in total. The zero-order valence-corrected chi connectivity index (χ0v) is 20.9. The van der Waals surface area contributed by atoms with Crippen molar-refractivity contribution in [2.24, 2.45) is 5.73 Å². The molecule has 1 aliphatic rings. The lowest BCUT2D eigenvalue weighted by atomic mass is 9.97. The van der Waals surface area contributed by atoms with Crippen molar-refractivity contribution >= 4 is 22.6 Å². The monoisotopic (exact) mass is 490 g/mol. The minimum Gasteiger partial charge on any atom is -0.384 e. The maximum atomic E-state index is 13.6. The Bertz CT molecular complexity index is 1320. The van der Waals surface area contributed by atoms with Gasteiger partial charge in [0, 0.05) is 41.9 Å². The Morgan fingerprint density at radius 3 is 2.53 bits per heavy atom. The maximum absolute atomic E-state index is 13.6. The molecule has 36 heavy (non-hydrogen) atoms. The second-order valence-corrected chi connectivity index (χ2v) is 9.77. The first-order chi connectivity index (χ1) is 17.3. The van der Waals surface area contributed by atoms with E-state index in [-0.39, 0.29) is 22.8 Å². The van der Waals surface area contributed by atoms with Crippen molar-refractivity contribution < 1.29 is 4.92 Å². The lowest BCUT2D eigenvalue weighted by molar-refractivity contribution is -0.384. The Hall–Kier alpha value is -3.59. The molecule has 190 valence electrons. The summed E-state index contributed by atoms with van der Waals surface area (Å²) in [5.74, 6) is -0.0917. The Kier molecular flexibility index (Phi) is 7.79. The number of rotatable bonds is 9. The van der Waals surface area contributed by atoms with Crippen LogP contribution in [0.15, 0.2) is 47.3 Å². The van der Waals surface area contributed by atoms with Gasteiger partial charge in [0.1, 0.15) is 11.5 Å². The predicted molar refractivity (Wildman–Crippen MR) is 142 cm³/mol. The lowest BCUT2D eigenvalue weighted by Gasteiger charge is -2.39. The van der Waals surface area contributed by atoms with Crippen LogP contribution in [-0.4, -0.2) is 43.8 Å². The van der Waals surface area contributed by atoms with E-state index in [4.69, 9.17) is 11.1 Å². The van der Waals surface area contributed by atoms with Crippen LogP contribution in [0, 0.1) is 15.5 Å².